The van der Waals surface area contributed by atoms with Crippen LogP contribution in [0.1, 0.15) is 13.8 Å². The van der Waals surface area contributed by atoms with Crippen molar-refractivity contribution in [3.63, 3.8) is 0 Å². The van der Waals surface area contributed by atoms with Gasteiger partial charge in [0.1, 0.15) is 16.1 Å². The number of rotatable bonds is 6. The first-order valence-corrected chi connectivity index (χ1v) is 8.30. The first-order valence-electron chi connectivity index (χ1n) is 7.48. The Balaban J connectivity index is 1.94. The molecule has 0 bridgehead atoms. The molecule has 0 saturated heterocycles. The fraction of sp³-hybridized carbons (Fsp3) is 0.250. The number of urea groups is 1. The van der Waals surface area contributed by atoms with Gasteiger partial charge in [-0.1, -0.05) is 17.8 Å². The first-order chi connectivity index (χ1) is 11.6. The second-order valence-electron chi connectivity index (χ2n) is 4.87. The topological polar surface area (TPSA) is 96.0 Å². The minimum absolute atomic E-state index is 0.228. The summed E-state index contributed by atoms with van der Waals surface area (Å²) in [6.45, 7) is 3.97. The number of anilines is 1. The van der Waals surface area contributed by atoms with Crippen molar-refractivity contribution in [1.82, 2.24) is 20.6 Å². The predicted molar refractivity (Wildman–Crippen MR) is 92.9 cm³/mol. The lowest BCUT2D eigenvalue weighted by Gasteiger charge is -2.14. The molecule has 0 radical (unpaired) electrons. The molecular weight excluding hydrogens is 326 g/mol. The van der Waals surface area contributed by atoms with E-state index < -0.39 is 12.1 Å². The van der Waals surface area contributed by atoms with Crippen LogP contribution in [0, 0.1) is 0 Å². The number of carbonyl (C=O) groups is 2. The number of pyridine rings is 2. The van der Waals surface area contributed by atoms with Crippen molar-refractivity contribution in [3.8, 4) is 0 Å². The molecule has 24 heavy (non-hydrogen) atoms. The van der Waals surface area contributed by atoms with Gasteiger partial charge in [-0.25, -0.2) is 14.8 Å². The van der Waals surface area contributed by atoms with E-state index in [4.69, 9.17) is 0 Å². The van der Waals surface area contributed by atoms with E-state index in [1.54, 1.807) is 31.5 Å². The van der Waals surface area contributed by atoms with Crippen molar-refractivity contribution in [3.05, 3.63) is 42.7 Å². The van der Waals surface area contributed by atoms with Crippen LogP contribution in [0.25, 0.3) is 0 Å². The molecule has 0 fully saturated rings. The number of amides is 3. The Labute approximate surface area is 144 Å². The van der Waals surface area contributed by atoms with Gasteiger partial charge in [0.2, 0.25) is 5.91 Å². The van der Waals surface area contributed by atoms with E-state index in [1.165, 1.54) is 11.8 Å². The highest BCUT2D eigenvalue weighted by molar-refractivity contribution is 7.99. The zero-order valence-corrected chi connectivity index (χ0v) is 14.3. The number of nitrogens with one attached hydrogen (secondary N) is 3. The van der Waals surface area contributed by atoms with Crippen LogP contribution in [0.5, 0.6) is 0 Å². The van der Waals surface area contributed by atoms with Gasteiger partial charge >= 0.3 is 6.03 Å². The van der Waals surface area contributed by atoms with Crippen molar-refractivity contribution >= 4 is 29.4 Å². The molecule has 2 aromatic heterocycles. The third-order valence-electron chi connectivity index (χ3n) is 2.93. The van der Waals surface area contributed by atoms with Gasteiger partial charge in [0.25, 0.3) is 0 Å². The smallest absolute Gasteiger partial charge is 0.319 e. The third-order valence-corrected chi connectivity index (χ3v) is 3.81. The SMILES string of the molecule is CCNC(=O)C(C)NC(=O)Nc1ccnc(Sc2ccccn2)c1. The van der Waals surface area contributed by atoms with Crippen LogP contribution in [0.15, 0.2) is 52.8 Å². The van der Waals surface area contributed by atoms with Gasteiger partial charge in [0, 0.05) is 24.6 Å². The van der Waals surface area contributed by atoms with Crippen molar-refractivity contribution in [2.24, 2.45) is 0 Å². The van der Waals surface area contributed by atoms with Crippen molar-refractivity contribution < 1.29 is 9.59 Å². The summed E-state index contributed by atoms with van der Waals surface area (Å²) in [5.41, 5.74) is 0.587. The Morgan fingerprint density at radius 3 is 2.67 bits per heavy atom. The zero-order chi connectivity index (χ0) is 17.4. The average Bonchev–Trinajstić information content (AvgIpc) is 2.56. The Hall–Kier alpha value is -2.61. The summed E-state index contributed by atoms with van der Waals surface area (Å²) in [6.07, 6.45) is 3.31. The third kappa shape index (κ3) is 5.54. The molecule has 1 unspecified atom stereocenters. The molecule has 126 valence electrons. The molecular formula is C16H19N5O2S. The number of aromatic nitrogens is 2. The lowest BCUT2D eigenvalue weighted by atomic mass is 10.3. The van der Waals surface area contributed by atoms with Gasteiger partial charge < -0.3 is 16.0 Å². The molecule has 1 atom stereocenters. The Kier molecular flexibility index (Phi) is 6.56. The lowest BCUT2D eigenvalue weighted by molar-refractivity contribution is -0.122. The standard InChI is InChI=1S/C16H19N5O2S/c1-3-17-15(22)11(2)20-16(23)21-12-7-9-19-14(10-12)24-13-6-4-5-8-18-13/h4-11H,3H2,1-2H3,(H,17,22)(H2,19,20,21,23). The minimum atomic E-state index is -0.617. The van der Waals surface area contributed by atoms with Crippen LogP contribution >= 0.6 is 11.8 Å². The number of nitrogens with zero attached hydrogens (tertiary/aromatic N) is 2. The molecule has 7 nitrogen and oxygen atoms in total. The second-order valence-corrected chi connectivity index (χ2v) is 5.91. The highest BCUT2D eigenvalue weighted by Crippen LogP contribution is 2.25. The molecule has 0 saturated carbocycles. The van der Waals surface area contributed by atoms with Crippen LogP contribution in [0.4, 0.5) is 10.5 Å². The summed E-state index contributed by atoms with van der Waals surface area (Å²) in [5, 5.41) is 9.45. The number of carbonyl (C=O) groups excluding carboxylic acids is 2. The average molecular weight is 345 g/mol. The Morgan fingerprint density at radius 1 is 1.17 bits per heavy atom. The van der Waals surface area contributed by atoms with Gasteiger partial charge in [-0.05, 0) is 38.1 Å². The maximum Gasteiger partial charge on any atom is 0.319 e. The minimum Gasteiger partial charge on any atom is -0.355 e. The van der Waals surface area contributed by atoms with Crippen molar-refractivity contribution in [2.45, 2.75) is 29.9 Å². The highest BCUT2D eigenvalue weighted by atomic mass is 32.2. The summed E-state index contributed by atoms with van der Waals surface area (Å²) < 4.78 is 0. The molecule has 3 N–H and O–H groups in total. The van der Waals surface area contributed by atoms with Crippen LogP contribution in [0.3, 0.4) is 0 Å². The maximum atomic E-state index is 12.0. The van der Waals surface area contributed by atoms with E-state index in [-0.39, 0.29) is 5.91 Å². The highest BCUT2D eigenvalue weighted by Gasteiger charge is 2.14. The van der Waals surface area contributed by atoms with Gasteiger partial charge in [-0.15, -0.1) is 0 Å². The summed E-state index contributed by atoms with van der Waals surface area (Å²) in [4.78, 5) is 32.0. The van der Waals surface area contributed by atoms with Crippen LogP contribution < -0.4 is 16.0 Å². The van der Waals surface area contributed by atoms with E-state index >= 15 is 0 Å². The fourth-order valence-electron chi connectivity index (χ4n) is 1.81. The zero-order valence-electron chi connectivity index (χ0n) is 13.4. The predicted octanol–water partition coefficient (Wildman–Crippen LogP) is 2.27. The molecule has 2 aromatic rings. The summed E-state index contributed by atoms with van der Waals surface area (Å²) >= 11 is 1.40. The van der Waals surface area contributed by atoms with Gasteiger partial charge in [-0.2, -0.15) is 0 Å². The van der Waals surface area contributed by atoms with Gasteiger partial charge in [0.15, 0.2) is 0 Å². The summed E-state index contributed by atoms with van der Waals surface area (Å²) in [6, 6.07) is 7.98. The van der Waals surface area contributed by atoms with Crippen LogP contribution in [0.2, 0.25) is 0 Å². The van der Waals surface area contributed by atoms with Gasteiger partial charge in [0.05, 0.1) is 0 Å². The van der Waals surface area contributed by atoms with E-state index in [0.29, 0.717) is 17.3 Å². The second kappa shape index (κ2) is 8.88. The van der Waals surface area contributed by atoms with Crippen LogP contribution in [-0.2, 0) is 4.79 Å². The number of hydrogen-bond donors (Lipinski definition) is 3. The summed E-state index contributed by atoms with van der Waals surface area (Å²) in [7, 11) is 0. The van der Waals surface area contributed by atoms with E-state index in [1.807, 2.05) is 25.1 Å². The molecule has 0 aliphatic rings. The van der Waals surface area contributed by atoms with E-state index in [9.17, 15) is 9.59 Å². The molecule has 0 aliphatic carbocycles. The first kappa shape index (κ1) is 17.7. The lowest BCUT2D eigenvalue weighted by Crippen LogP contribution is -2.46. The Bertz CT molecular complexity index is 696. The normalized spacial score (nSPS) is 11.4. The van der Waals surface area contributed by atoms with Crippen molar-refractivity contribution in [2.75, 3.05) is 11.9 Å². The van der Waals surface area contributed by atoms with Gasteiger partial charge in [-0.3, -0.25) is 4.79 Å². The molecule has 0 spiro atoms. The molecule has 2 rings (SSSR count). The number of hydrogen-bond acceptors (Lipinski definition) is 5. The monoisotopic (exact) mass is 345 g/mol. The number of likely N-dealkylation sites (N-methyl/N-ethyl adjacent to an activating group) is 1. The quantitative estimate of drug-likeness (QED) is 0.746. The van der Waals surface area contributed by atoms with E-state index in [0.717, 1.165) is 5.03 Å². The van der Waals surface area contributed by atoms with Crippen molar-refractivity contribution in [1.29, 1.82) is 0 Å². The largest absolute Gasteiger partial charge is 0.355 e. The Morgan fingerprint density at radius 2 is 1.96 bits per heavy atom. The van der Waals surface area contributed by atoms with Crippen LogP contribution in [-0.4, -0.2) is 34.5 Å². The molecule has 0 aromatic carbocycles. The molecule has 3 amide bonds. The molecule has 0 aliphatic heterocycles. The maximum absolute atomic E-state index is 12.0. The molecule has 2 heterocycles. The fourth-order valence-corrected chi connectivity index (χ4v) is 2.59. The summed E-state index contributed by atoms with van der Waals surface area (Å²) in [5.74, 6) is -0.228. The van der Waals surface area contributed by atoms with E-state index in [2.05, 4.69) is 25.9 Å². The molecule has 8 heteroatoms.